The first-order chi connectivity index (χ1) is 11.0. The maximum atomic E-state index is 12.3. The Kier molecular flexibility index (Phi) is 3.99. The normalized spacial score (nSPS) is 23.2. The smallest absolute Gasteiger partial charge is 0.352 e. The first kappa shape index (κ1) is 15.4. The summed E-state index contributed by atoms with van der Waals surface area (Å²) >= 11 is 1.42. The van der Waals surface area contributed by atoms with Gasteiger partial charge in [-0.05, 0) is 0 Å². The lowest BCUT2D eigenvalue weighted by atomic mass is 10.0. The molecule has 1 aromatic heterocycles. The summed E-state index contributed by atoms with van der Waals surface area (Å²) in [4.78, 5) is 42.8. The number of ether oxygens (including phenoxy) is 1. The summed E-state index contributed by atoms with van der Waals surface area (Å²) in [5.74, 6) is -1.23. The maximum absolute atomic E-state index is 12.3. The minimum absolute atomic E-state index is 0.0995. The van der Waals surface area contributed by atoms with Crippen molar-refractivity contribution in [2.24, 2.45) is 0 Å². The number of nitrogens with zero attached hydrogens (tertiary/aromatic N) is 2. The highest BCUT2D eigenvalue weighted by molar-refractivity contribution is 8.00. The maximum Gasteiger partial charge on any atom is 0.352 e. The summed E-state index contributed by atoms with van der Waals surface area (Å²) in [6.07, 6.45) is 3.17. The van der Waals surface area contributed by atoms with Gasteiger partial charge in [-0.2, -0.15) is 0 Å². The summed E-state index contributed by atoms with van der Waals surface area (Å²) in [5, 5.41) is 12.0. The first-order valence-corrected chi connectivity index (χ1v) is 7.83. The number of hydrogen-bond donors (Lipinski definition) is 3. The molecule has 0 bridgehead atoms. The molecule has 10 heteroatoms. The molecule has 9 nitrogen and oxygen atoms in total. The number of hydrogen-bond acceptors (Lipinski definition) is 7. The molecule has 1 fully saturated rings. The van der Waals surface area contributed by atoms with Gasteiger partial charge in [0.1, 0.15) is 23.7 Å². The van der Waals surface area contributed by atoms with Crippen molar-refractivity contribution in [1.29, 1.82) is 0 Å². The number of carboxylic acids is 1. The summed E-state index contributed by atoms with van der Waals surface area (Å²) in [5.41, 5.74) is 0.316. The number of H-pyrrole nitrogens is 1. The molecule has 122 valence electrons. The molecule has 2 aliphatic rings. The molecule has 0 spiro atoms. The number of carboxylic acid groups (broad SMARTS) is 1. The van der Waals surface area contributed by atoms with E-state index in [9.17, 15) is 19.5 Å². The molecular formula is C13H14N4O5S. The van der Waals surface area contributed by atoms with Crippen molar-refractivity contribution in [1.82, 2.24) is 14.9 Å². The van der Waals surface area contributed by atoms with Gasteiger partial charge in [0.05, 0.1) is 0 Å². The monoisotopic (exact) mass is 338 g/mol. The number of β-lactam (4-membered cyclic amide) rings is 1. The van der Waals surface area contributed by atoms with Crippen LogP contribution in [0.2, 0.25) is 0 Å². The summed E-state index contributed by atoms with van der Waals surface area (Å²) in [6, 6.07) is -0.546. The number of thioether (sulfide) groups is 1. The molecule has 23 heavy (non-hydrogen) atoms. The zero-order valence-electron chi connectivity index (χ0n) is 12.1. The minimum Gasteiger partial charge on any atom is -0.477 e. The van der Waals surface area contributed by atoms with Crippen LogP contribution in [0.3, 0.4) is 0 Å². The second-order valence-corrected chi connectivity index (χ2v) is 6.11. The fourth-order valence-electron chi connectivity index (χ4n) is 2.47. The zero-order valence-corrected chi connectivity index (χ0v) is 12.9. The van der Waals surface area contributed by atoms with Crippen LogP contribution in [0.4, 0.5) is 5.95 Å². The third-order valence-corrected chi connectivity index (χ3v) is 4.83. The number of fused-ring (bicyclic) bond motifs is 1. The molecule has 2 atom stereocenters. The van der Waals surface area contributed by atoms with E-state index in [0.717, 1.165) is 0 Å². The predicted octanol–water partition coefficient (Wildman–Crippen LogP) is 0.00710. The van der Waals surface area contributed by atoms with Gasteiger partial charge in [-0.3, -0.25) is 14.5 Å². The van der Waals surface area contributed by atoms with Crippen LogP contribution in [0.1, 0.15) is 6.92 Å². The third kappa shape index (κ3) is 2.77. The number of imidazole rings is 1. The molecule has 3 N–H and O–H groups in total. The van der Waals surface area contributed by atoms with Crippen LogP contribution >= 0.6 is 11.8 Å². The summed E-state index contributed by atoms with van der Waals surface area (Å²) in [7, 11) is 0. The number of rotatable bonds is 5. The Morgan fingerprint density at radius 1 is 1.61 bits per heavy atom. The van der Waals surface area contributed by atoms with Crippen LogP contribution in [0.15, 0.2) is 23.7 Å². The number of aromatic nitrogens is 2. The van der Waals surface area contributed by atoms with Crippen LogP contribution in [-0.2, 0) is 19.1 Å². The number of aliphatic carboxylic acids is 1. The molecule has 1 amide bonds. The second-order valence-electron chi connectivity index (χ2n) is 5.01. The molecular weight excluding hydrogens is 324 g/mol. The van der Waals surface area contributed by atoms with E-state index < -0.39 is 18.0 Å². The Bertz CT molecular complexity index is 687. The Hall–Kier alpha value is -2.49. The van der Waals surface area contributed by atoms with E-state index in [-0.39, 0.29) is 23.6 Å². The number of esters is 1. The lowest BCUT2D eigenvalue weighted by Crippen LogP contribution is -2.67. The van der Waals surface area contributed by atoms with Crippen LogP contribution in [0, 0.1) is 0 Å². The number of carbonyl (C=O) groups excluding carboxylic acids is 2. The molecule has 0 radical (unpaired) electrons. The number of amides is 1. The standard InChI is InChI=1S/C13H14N4O5S/c1-6(18)22-4-7-5-23-11-8(16-13-14-2-3-15-13)10(19)17(11)9(7)12(20)21/h2-3,8,11H,4-5H2,1H3,(H,20,21)(H2,14,15,16). The number of anilines is 1. The van der Waals surface area contributed by atoms with Crippen molar-refractivity contribution in [2.75, 3.05) is 17.7 Å². The summed E-state index contributed by atoms with van der Waals surface area (Å²) < 4.78 is 4.87. The lowest BCUT2D eigenvalue weighted by molar-refractivity contribution is -0.147. The van der Waals surface area contributed by atoms with Crippen LogP contribution < -0.4 is 5.32 Å². The topological polar surface area (TPSA) is 125 Å². The van der Waals surface area contributed by atoms with Gasteiger partial charge in [0.15, 0.2) is 0 Å². The molecule has 3 heterocycles. The van der Waals surface area contributed by atoms with Gasteiger partial charge in [0.25, 0.3) is 5.91 Å². The molecule has 1 aromatic rings. The first-order valence-electron chi connectivity index (χ1n) is 6.78. The minimum atomic E-state index is -1.21. The van der Waals surface area contributed by atoms with Gasteiger partial charge in [-0.15, -0.1) is 11.8 Å². The average Bonchev–Trinajstić information content (AvgIpc) is 3.02. The quantitative estimate of drug-likeness (QED) is 0.506. The van der Waals surface area contributed by atoms with E-state index in [0.29, 0.717) is 17.3 Å². The Balaban J connectivity index is 1.79. The Labute approximate surface area is 135 Å². The summed E-state index contributed by atoms with van der Waals surface area (Å²) in [6.45, 7) is 1.12. The SMILES string of the molecule is CC(=O)OCC1=C(C(=O)O)N2C(=O)C(Nc3ncc[nH]3)C2SC1. The van der Waals surface area contributed by atoms with Crippen molar-refractivity contribution in [3.05, 3.63) is 23.7 Å². The van der Waals surface area contributed by atoms with Gasteiger partial charge < -0.3 is 20.1 Å². The van der Waals surface area contributed by atoms with E-state index in [1.54, 1.807) is 12.4 Å². The van der Waals surface area contributed by atoms with Gasteiger partial charge in [-0.25, -0.2) is 9.78 Å². The fraction of sp³-hybridized carbons (Fsp3) is 0.385. The van der Waals surface area contributed by atoms with E-state index in [4.69, 9.17) is 4.74 Å². The second kappa shape index (κ2) is 5.95. The molecule has 0 saturated carbocycles. The number of aromatic amines is 1. The molecule has 2 aliphatic heterocycles. The van der Waals surface area contributed by atoms with Gasteiger partial charge in [0.2, 0.25) is 5.95 Å². The van der Waals surface area contributed by atoms with Gasteiger partial charge in [-0.1, -0.05) is 0 Å². The largest absolute Gasteiger partial charge is 0.477 e. The predicted molar refractivity (Wildman–Crippen MR) is 80.4 cm³/mol. The third-order valence-electron chi connectivity index (χ3n) is 3.49. The van der Waals surface area contributed by atoms with E-state index in [1.807, 2.05) is 0 Å². The van der Waals surface area contributed by atoms with E-state index >= 15 is 0 Å². The fourth-order valence-corrected chi connectivity index (χ4v) is 3.80. The van der Waals surface area contributed by atoms with E-state index in [1.165, 1.54) is 23.6 Å². The van der Waals surface area contributed by atoms with Crippen molar-refractivity contribution in [2.45, 2.75) is 18.3 Å². The van der Waals surface area contributed by atoms with Crippen molar-refractivity contribution >= 4 is 35.6 Å². The number of nitrogens with one attached hydrogen (secondary N) is 2. The molecule has 2 unspecified atom stereocenters. The number of carbonyl (C=O) groups is 3. The highest BCUT2D eigenvalue weighted by Gasteiger charge is 2.53. The van der Waals surface area contributed by atoms with Gasteiger partial charge in [0, 0.05) is 30.6 Å². The van der Waals surface area contributed by atoms with Crippen molar-refractivity contribution in [3.63, 3.8) is 0 Å². The van der Waals surface area contributed by atoms with Crippen molar-refractivity contribution in [3.8, 4) is 0 Å². The highest BCUT2D eigenvalue weighted by Crippen LogP contribution is 2.41. The van der Waals surface area contributed by atoms with Crippen LogP contribution in [-0.4, -0.2) is 61.6 Å². The molecule has 3 rings (SSSR count). The Morgan fingerprint density at radius 2 is 2.39 bits per heavy atom. The van der Waals surface area contributed by atoms with Crippen molar-refractivity contribution < 1.29 is 24.2 Å². The average molecular weight is 338 g/mol. The van der Waals surface area contributed by atoms with Gasteiger partial charge >= 0.3 is 11.9 Å². The van der Waals surface area contributed by atoms with Crippen LogP contribution in [0.25, 0.3) is 0 Å². The van der Waals surface area contributed by atoms with Crippen LogP contribution in [0.5, 0.6) is 0 Å². The lowest BCUT2D eigenvalue weighted by Gasteiger charge is -2.49. The Morgan fingerprint density at radius 3 is 3.00 bits per heavy atom. The molecule has 0 aromatic carbocycles. The molecule has 0 aliphatic carbocycles. The highest BCUT2D eigenvalue weighted by atomic mass is 32.2. The van der Waals surface area contributed by atoms with E-state index in [2.05, 4.69) is 15.3 Å². The molecule has 1 saturated heterocycles. The zero-order chi connectivity index (χ0) is 16.6.